The Balaban J connectivity index is 2.15. The van der Waals surface area contributed by atoms with Gasteiger partial charge in [0.2, 0.25) is 0 Å². The zero-order chi connectivity index (χ0) is 12.5. The number of rotatable bonds is 1. The van der Waals surface area contributed by atoms with Crippen molar-refractivity contribution < 1.29 is 9.18 Å². The van der Waals surface area contributed by atoms with E-state index >= 15 is 0 Å². The molecule has 0 aliphatic heterocycles. The molecule has 3 rings (SSSR count). The average Bonchev–Trinajstić information content (AvgIpc) is 2.70. The van der Waals surface area contributed by atoms with Crippen molar-refractivity contribution in [3.05, 3.63) is 47.4 Å². The Morgan fingerprint density at radius 2 is 1.83 bits per heavy atom. The van der Waals surface area contributed by atoms with Crippen LogP contribution in [-0.4, -0.2) is 10.8 Å². The van der Waals surface area contributed by atoms with Crippen molar-refractivity contribution in [2.75, 3.05) is 0 Å². The molecular formula is C15H14FNO. The molecule has 1 aromatic carbocycles. The van der Waals surface area contributed by atoms with Crippen molar-refractivity contribution >= 4 is 5.78 Å². The van der Waals surface area contributed by atoms with E-state index in [1.165, 1.54) is 6.07 Å². The quantitative estimate of drug-likeness (QED) is 0.760. The fourth-order valence-corrected chi connectivity index (χ4v) is 2.59. The van der Waals surface area contributed by atoms with E-state index < -0.39 is 0 Å². The van der Waals surface area contributed by atoms with Crippen molar-refractivity contribution in [2.45, 2.75) is 25.7 Å². The molecule has 1 aliphatic rings. The number of H-pyrrole nitrogens is 1. The molecule has 2 nitrogen and oxygen atoms in total. The Morgan fingerprint density at radius 1 is 1.06 bits per heavy atom. The lowest BCUT2D eigenvalue weighted by Gasteiger charge is -2.05. The molecular weight excluding hydrogens is 229 g/mol. The molecule has 0 spiro atoms. The molecule has 0 amide bonds. The first-order chi connectivity index (χ1) is 8.77. The number of hydrogen-bond acceptors (Lipinski definition) is 1. The highest BCUT2D eigenvalue weighted by Gasteiger charge is 2.21. The minimum atomic E-state index is -0.251. The molecule has 0 fully saturated rings. The van der Waals surface area contributed by atoms with Crippen LogP contribution in [0.15, 0.2) is 30.5 Å². The number of benzene rings is 1. The summed E-state index contributed by atoms with van der Waals surface area (Å²) in [6.07, 6.45) is 5.07. The van der Waals surface area contributed by atoms with Gasteiger partial charge in [-0.2, -0.15) is 0 Å². The summed E-state index contributed by atoms with van der Waals surface area (Å²) in [6, 6.07) is 6.67. The minimum Gasteiger partial charge on any atom is -0.360 e. The second-order valence-corrected chi connectivity index (χ2v) is 4.67. The Kier molecular flexibility index (Phi) is 2.74. The number of aromatic amines is 1. The molecule has 0 radical (unpaired) electrons. The van der Waals surface area contributed by atoms with Gasteiger partial charge in [0.05, 0.1) is 5.69 Å². The van der Waals surface area contributed by atoms with E-state index in [0.717, 1.165) is 36.1 Å². The van der Waals surface area contributed by atoms with Crippen LogP contribution in [-0.2, 0) is 6.42 Å². The molecule has 18 heavy (non-hydrogen) atoms. The Labute approximate surface area is 105 Å². The maximum Gasteiger partial charge on any atom is 0.164 e. The van der Waals surface area contributed by atoms with Gasteiger partial charge in [-0.25, -0.2) is 4.39 Å². The first-order valence-corrected chi connectivity index (χ1v) is 6.25. The molecule has 3 heteroatoms. The lowest BCUT2D eigenvalue weighted by atomic mass is 10.0. The number of halogens is 1. The number of Topliss-reactive ketones (excluding diaryl/α,β-unsaturated/α-hetero) is 1. The lowest BCUT2D eigenvalue weighted by molar-refractivity contribution is 0.0982. The summed E-state index contributed by atoms with van der Waals surface area (Å²) in [5, 5.41) is 0. The first-order valence-electron chi connectivity index (χ1n) is 6.25. The molecule has 0 saturated heterocycles. The van der Waals surface area contributed by atoms with Crippen LogP contribution >= 0.6 is 0 Å². The third-order valence-electron chi connectivity index (χ3n) is 3.51. The normalized spacial score (nSPS) is 15.3. The monoisotopic (exact) mass is 243 g/mol. The van der Waals surface area contributed by atoms with Crippen LogP contribution in [0.3, 0.4) is 0 Å². The Hall–Kier alpha value is -1.90. The number of aromatic nitrogens is 1. The van der Waals surface area contributed by atoms with Gasteiger partial charge in [0.15, 0.2) is 5.78 Å². The zero-order valence-corrected chi connectivity index (χ0v) is 10.0. The molecule has 92 valence electrons. The van der Waals surface area contributed by atoms with Crippen LogP contribution in [0, 0.1) is 5.82 Å². The van der Waals surface area contributed by atoms with Crippen LogP contribution in [0.1, 0.15) is 35.2 Å². The van der Waals surface area contributed by atoms with Gasteiger partial charge in [0, 0.05) is 23.7 Å². The molecule has 1 aromatic heterocycles. The third-order valence-corrected chi connectivity index (χ3v) is 3.51. The first kappa shape index (κ1) is 11.2. The highest BCUT2D eigenvalue weighted by molar-refractivity contribution is 5.99. The summed E-state index contributed by atoms with van der Waals surface area (Å²) in [7, 11) is 0. The summed E-state index contributed by atoms with van der Waals surface area (Å²) in [5.41, 5.74) is 3.03. The smallest absolute Gasteiger partial charge is 0.164 e. The molecule has 2 aromatic rings. The molecule has 1 heterocycles. The fraction of sp³-hybridized carbons (Fsp3) is 0.267. The standard InChI is InChI=1S/C15H14FNO/c16-13-7-3-1-6-11(13)15-10-5-2-4-8-14(18)12(10)9-17-15/h1,3,6-7,9,17H,2,4-5,8H2. The van der Waals surface area contributed by atoms with Gasteiger partial charge in [-0.3, -0.25) is 4.79 Å². The second kappa shape index (κ2) is 4.41. The Bertz CT molecular complexity index is 600. The summed E-state index contributed by atoms with van der Waals surface area (Å²) in [6.45, 7) is 0. The van der Waals surface area contributed by atoms with E-state index in [1.54, 1.807) is 18.3 Å². The summed E-state index contributed by atoms with van der Waals surface area (Å²) in [5.74, 6) is -0.0832. The summed E-state index contributed by atoms with van der Waals surface area (Å²) < 4.78 is 13.8. The molecule has 0 unspecified atom stereocenters. The number of nitrogens with one attached hydrogen (secondary N) is 1. The predicted molar refractivity (Wildman–Crippen MR) is 68.1 cm³/mol. The van der Waals surface area contributed by atoms with Crippen molar-refractivity contribution in [2.24, 2.45) is 0 Å². The van der Waals surface area contributed by atoms with Crippen LogP contribution in [0.4, 0.5) is 4.39 Å². The second-order valence-electron chi connectivity index (χ2n) is 4.67. The highest BCUT2D eigenvalue weighted by atomic mass is 19.1. The van der Waals surface area contributed by atoms with Gasteiger partial charge >= 0.3 is 0 Å². The number of carbonyl (C=O) groups excluding carboxylic acids is 1. The van der Waals surface area contributed by atoms with E-state index in [1.807, 2.05) is 6.07 Å². The predicted octanol–water partition coefficient (Wildman–Crippen LogP) is 3.73. The van der Waals surface area contributed by atoms with Crippen molar-refractivity contribution in [1.82, 2.24) is 4.98 Å². The number of hydrogen-bond donors (Lipinski definition) is 1. The summed E-state index contributed by atoms with van der Waals surface area (Å²) in [4.78, 5) is 15.0. The fourth-order valence-electron chi connectivity index (χ4n) is 2.59. The minimum absolute atomic E-state index is 0.168. The van der Waals surface area contributed by atoms with E-state index in [9.17, 15) is 9.18 Å². The van der Waals surface area contributed by atoms with Gasteiger partial charge in [-0.15, -0.1) is 0 Å². The van der Waals surface area contributed by atoms with Gasteiger partial charge < -0.3 is 4.98 Å². The molecule has 1 N–H and O–H groups in total. The van der Waals surface area contributed by atoms with Crippen LogP contribution in [0.25, 0.3) is 11.3 Å². The van der Waals surface area contributed by atoms with Gasteiger partial charge in [0.1, 0.15) is 5.82 Å². The van der Waals surface area contributed by atoms with Crippen LogP contribution < -0.4 is 0 Å². The number of ketones is 1. The molecule has 0 atom stereocenters. The Morgan fingerprint density at radius 3 is 2.67 bits per heavy atom. The maximum atomic E-state index is 13.8. The van der Waals surface area contributed by atoms with Crippen molar-refractivity contribution in [3.8, 4) is 11.3 Å². The zero-order valence-electron chi connectivity index (χ0n) is 10.0. The van der Waals surface area contributed by atoms with Gasteiger partial charge in [-0.05, 0) is 37.0 Å². The topological polar surface area (TPSA) is 32.9 Å². The van der Waals surface area contributed by atoms with E-state index in [4.69, 9.17) is 0 Å². The lowest BCUT2D eigenvalue weighted by Crippen LogP contribution is -1.97. The molecule has 1 aliphatic carbocycles. The SMILES string of the molecule is O=C1CCCCc2c1c[nH]c2-c1ccccc1F. The van der Waals surface area contributed by atoms with Crippen molar-refractivity contribution in [3.63, 3.8) is 0 Å². The summed E-state index contributed by atoms with van der Waals surface area (Å²) >= 11 is 0. The van der Waals surface area contributed by atoms with Crippen LogP contribution in [0.2, 0.25) is 0 Å². The van der Waals surface area contributed by atoms with E-state index in [-0.39, 0.29) is 11.6 Å². The molecule has 0 saturated carbocycles. The van der Waals surface area contributed by atoms with Crippen LogP contribution in [0.5, 0.6) is 0 Å². The van der Waals surface area contributed by atoms with Gasteiger partial charge in [-0.1, -0.05) is 12.1 Å². The maximum absolute atomic E-state index is 13.8. The van der Waals surface area contributed by atoms with E-state index in [2.05, 4.69) is 4.98 Å². The number of fused-ring (bicyclic) bond motifs is 1. The third kappa shape index (κ3) is 1.76. The van der Waals surface area contributed by atoms with E-state index in [0.29, 0.717) is 12.0 Å². The van der Waals surface area contributed by atoms with Gasteiger partial charge in [0.25, 0.3) is 0 Å². The molecule has 0 bridgehead atoms. The van der Waals surface area contributed by atoms with Crippen molar-refractivity contribution in [1.29, 1.82) is 0 Å². The number of carbonyl (C=O) groups is 1. The average molecular weight is 243 g/mol. The largest absolute Gasteiger partial charge is 0.360 e. The highest BCUT2D eigenvalue weighted by Crippen LogP contribution is 2.31.